The highest BCUT2D eigenvalue weighted by atomic mass is 32.2. The van der Waals surface area contributed by atoms with Crippen LogP contribution in [0.15, 0.2) is 105 Å². The monoisotopic (exact) mass is 620 g/mol. The molecule has 1 N–H and O–H groups in total. The number of aromatic hydroxyl groups is 1. The standard InChI is InChI=1S/C33H36N2O6S2/c1-22(2)30-20-26(21-31(23(3)4)32(30)36)35(43(39,40)29-16-12-24(5)13-17-29)33(25-10-8-7-9-11-25)34-42(37,38)28-18-14-27(41-6)15-19-28/h7-23,36H,1-6H3. The van der Waals surface area contributed by atoms with E-state index in [4.69, 9.17) is 4.74 Å². The second-order valence-corrected chi connectivity index (χ2v) is 14.2. The Labute approximate surface area is 254 Å². The van der Waals surface area contributed by atoms with E-state index in [1.165, 1.54) is 43.5 Å². The van der Waals surface area contributed by atoms with Gasteiger partial charge in [-0.15, -0.1) is 4.40 Å². The summed E-state index contributed by atoms with van der Waals surface area (Å²) in [6.45, 7) is 9.41. The number of nitrogens with zero attached hydrogens (tertiary/aromatic N) is 2. The molecule has 0 aliphatic rings. The van der Waals surface area contributed by atoms with E-state index in [0.717, 1.165) is 9.87 Å². The predicted octanol–water partition coefficient (Wildman–Crippen LogP) is 6.99. The van der Waals surface area contributed by atoms with E-state index >= 15 is 0 Å². The third-order valence-electron chi connectivity index (χ3n) is 6.98. The van der Waals surface area contributed by atoms with Gasteiger partial charge >= 0.3 is 0 Å². The number of hydrogen-bond acceptors (Lipinski definition) is 6. The predicted molar refractivity (Wildman–Crippen MR) is 170 cm³/mol. The van der Waals surface area contributed by atoms with Crippen molar-refractivity contribution in [2.24, 2.45) is 4.40 Å². The van der Waals surface area contributed by atoms with E-state index in [0.29, 0.717) is 16.9 Å². The first kappa shape index (κ1) is 31.8. The fourth-order valence-corrected chi connectivity index (χ4v) is 7.06. The summed E-state index contributed by atoms with van der Waals surface area (Å²) < 4.78 is 67.0. The second kappa shape index (κ2) is 12.6. The van der Waals surface area contributed by atoms with Gasteiger partial charge in [0.1, 0.15) is 11.5 Å². The number of anilines is 1. The first-order valence-corrected chi connectivity index (χ1v) is 16.7. The summed E-state index contributed by atoms with van der Waals surface area (Å²) in [4.78, 5) is -0.181. The molecule has 0 amide bonds. The van der Waals surface area contributed by atoms with E-state index < -0.39 is 20.0 Å². The summed E-state index contributed by atoms with van der Waals surface area (Å²) >= 11 is 0. The average molecular weight is 621 g/mol. The molecule has 0 fully saturated rings. The van der Waals surface area contributed by atoms with Crippen molar-refractivity contribution in [3.05, 3.63) is 113 Å². The maximum absolute atomic E-state index is 14.6. The Kier molecular flexibility index (Phi) is 9.32. The number of hydrogen-bond donors (Lipinski definition) is 1. The normalized spacial score (nSPS) is 12.5. The average Bonchev–Trinajstić information content (AvgIpc) is 2.97. The first-order valence-electron chi connectivity index (χ1n) is 13.8. The Bertz CT molecular complexity index is 1800. The van der Waals surface area contributed by atoms with Crippen LogP contribution in [0.25, 0.3) is 0 Å². The largest absolute Gasteiger partial charge is 0.507 e. The third-order valence-corrected chi connectivity index (χ3v) is 9.99. The van der Waals surface area contributed by atoms with Crippen molar-refractivity contribution in [1.29, 1.82) is 0 Å². The topological polar surface area (TPSA) is 113 Å². The van der Waals surface area contributed by atoms with Crippen molar-refractivity contribution < 1.29 is 26.7 Å². The summed E-state index contributed by atoms with van der Waals surface area (Å²) in [6, 6.07) is 23.5. The maximum Gasteiger partial charge on any atom is 0.284 e. The SMILES string of the molecule is COc1ccc(S(=O)(=O)N=C(c2ccccc2)N(c2cc(C(C)C)c(O)c(C(C)C)c2)S(=O)(=O)c2ccc(C)cc2)cc1. The number of phenolic OH excluding ortho intramolecular Hbond substituents is 1. The van der Waals surface area contributed by atoms with Crippen LogP contribution in [-0.2, 0) is 20.0 Å². The minimum atomic E-state index is -4.44. The highest BCUT2D eigenvalue weighted by Gasteiger charge is 2.34. The number of methoxy groups -OCH3 is 1. The highest BCUT2D eigenvalue weighted by molar-refractivity contribution is 7.94. The van der Waals surface area contributed by atoms with E-state index in [2.05, 4.69) is 4.40 Å². The maximum atomic E-state index is 14.6. The van der Waals surface area contributed by atoms with E-state index in [1.807, 2.05) is 34.6 Å². The van der Waals surface area contributed by atoms with Crippen LogP contribution < -0.4 is 9.04 Å². The molecule has 8 nitrogen and oxygen atoms in total. The summed E-state index contributed by atoms with van der Waals surface area (Å²) in [6.07, 6.45) is 0. The van der Waals surface area contributed by atoms with Crippen molar-refractivity contribution in [1.82, 2.24) is 0 Å². The Morgan fingerprint density at radius 2 is 1.28 bits per heavy atom. The summed E-state index contributed by atoms with van der Waals surface area (Å²) in [5, 5.41) is 11.1. The summed E-state index contributed by atoms with van der Waals surface area (Å²) in [5.74, 6) is -0.109. The molecular formula is C33H36N2O6S2. The molecule has 226 valence electrons. The Balaban J connectivity index is 2.12. The number of sulfonamides is 2. The van der Waals surface area contributed by atoms with Crippen LogP contribution in [0, 0.1) is 6.92 Å². The van der Waals surface area contributed by atoms with Crippen molar-refractivity contribution in [3.8, 4) is 11.5 Å². The summed E-state index contributed by atoms with van der Waals surface area (Å²) in [5.41, 5.74) is 2.32. The quantitative estimate of drug-likeness (QED) is 0.159. The number of amidine groups is 1. The molecule has 0 atom stereocenters. The molecule has 4 aromatic rings. The zero-order valence-corrected chi connectivity index (χ0v) is 26.6. The van der Waals surface area contributed by atoms with Crippen LogP contribution in [0.5, 0.6) is 11.5 Å². The van der Waals surface area contributed by atoms with Gasteiger partial charge in [-0.3, -0.25) is 0 Å². The zero-order chi connectivity index (χ0) is 31.5. The van der Waals surface area contributed by atoms with Crippen LogP contribution in [0.1, 0.15) is 61.8 Å². The van der Waals surface area contributed by atoms with E-state index in [1.54, 1.807) is 54.6 Å². The minimum Gasteiger partial charge on any atom is -0.507 e. The van der Waals surface area contributed by atoms with Gasteiger partial charge in [0, 0.05) is 5.56 Å². The van der Waals surface area contributed by atoms with Crippen LogP contribution in [-0.4, -0.2) is 34.9 Å². The molecule has 0 radical (unpaired) electrons. The van der Waals surface area contributed by atoms with Crippen molar-refractivity contribution >= 4 is 31.6 Å². The zero-order valence-electron chi connectivity index (χ0n) is 25.0. The number of aryl methyl sites for hydroxylation is 1. The molecule has 4 aromatic carbocycles. The third kappa shape index (κ3) is 6.76. The van der Waals surface area contributed by atoms with Crippen LogP contribution >= 0.6 is 0 Å². The lowest BCUT2D eigenvalue weighted by molar-refractivity contribution is 0.414. The van der Waals surface area contributed by atoms with Gasteiger partial charge in [0.05, 0.1) is 22.6 Å². The molecule has 0 saturated heterocycles. The molecule has 0 saturated carbocycles. The van der Waals surface area contributed by atoms with E-state index in [-0.39, 0.29) is 44.5 Å². The van der Waals surface area contributed by atoms with E-state index in [9.17, 15) is 21.9 Å². The van der Waals surface area contributed by atoms with Crippen LogP contribution in [0.2, 0.25) is 0 Å². The van der Waals surface area contributed by atoms with Gasteiger partial charge in [0.15, 0.2) is 5.84 Å². The lowest BCUT2D eigenvalue weighted by Gasteiger charge is -2.28. The molecule has 0 aliphatic heterocycles. The smallest absolute Gasteiger partial charge is 0.284 e. The molecule has 0 aromatic heterocycles. The minimum absolute atomic E-state index is 0.0474. The van der Waals surface area contributed by atoms with Crippen molar-refractivity contribution in [3.63, 3.8) is 0 Å². The number of phenols is 1. The Morgan fingerprint density at radius 3 is 1.77 bits per heavy atom. The van der Waals surface area contributed by atoms with Gasteiger partial charge in [-0.05, 0) is 78.4 Å². The van der Waals surface area contributed by atoms with Crippen molar-refractivity contribution in [2.75, 3.05) is 11.4 Å². The molecule has 0 heterocycles. The van der Waals surface area contributed by atoms with Gasteiger partial charge in [0.25, 0.3) is 20.0 Å². The molecule has 0 unspecified atom stereocenters. The molecule has 0 spiro atoms. The van der Waals surface area contributed by atoms with Crippen LogP contribution in [0.4, 0.5) is 5.69 Å². The molecular weight excluding hydrogens is 585 g/mol. The number of ether oxygens (including phenoxy) is 1. The van der Waals surface area contributed by atoms with Crippen molar-refractivity contribution in [2.45, 2.75) is 56.2 Å². The second-order valence-electron chi connectivity index (χ2n) is 10.8. The Morgan fingerprint density at radius 1 is 0.767 bits per heavy atom. The molecule has 10 heteroatoms. The van der Waals surface area contributed by atoms with Gasteiger partial charge in [0.2, 0.25) is 0 Å². The fraction of sp³-hybridized carbons (Fsp3) is 0.242. The first-order chi connectivity index (χ1) is 20.3. The fourth-order valence-electron chi connectivity index (χ4n) is 4.56. The molecule has 4 rings (SSSR count). The lowest BCUT2D eigenvalue weighted by Crippen LogP contribution is -2.38. The number of benzene rings is 4. The van der Waals surface area contributed by atoms with Gasteiger partial charge in [-0.2, -0.15) is 8.42 Å². The Hall–Kier alpha value is -4.15. The molecule has 43 heavy (non-hydrogen) atoms. The lowest BCUT2D eigenvalue weighted by atomic mass is 9.93. The van der Waals surface area contributed by atoms with Gasteiger partial charge in [-0.25, -0.2) is 12.7 Å². The molecule has 0 aliphatic carbocycles. The number of rotatable bonds is 9. The van der Waals surface area contributed by atoms with Gasteiger partial charge < -0.3 is 9.84 Å². The molecule has 0 bridgehead atoms. The van der Waals surface area contributed by atoms with Gasteiger partial charge in [-0.1, -0.05) is 75.7 Å². The van der Waals surface area contributed by atoms with Crippen LogP contribution in [0.3, 0.4) is 0 Å². The summed E-state index contributed by atoms with van der Waals surface area (Å²) in [7, 11) is -7.39. The highest BCUT2D eigenvalue weighted by Crippen LogP contribution is 2.39.